The Morgan fingerprint density at radius 1 is 1.25 bits per heavy atom. The maximum atomic E-state index is 13.4. The number of rotatable bonds is 5. The van der Waals surface area contributed by atoms with Crippen molar-refractivity contribution in [1.82, 2.24) is 4.31 Å². The van der Waals surface area contributed by atoms with Crippen LogP contribution in [0.2, 0.25) is 0 Å². The average Bonchev–Trinajstić information content (AvgIpc) is 2.29. The van der Waals surface area contributed by atoms with E-state index in [1.54, 1.807) is 0 Å². The zero-order chi connectivity index (χ0) is 15.6. The van der Waals surface area contributed by atoms with Crippen LogP contribution in [-0.2, 0) is 16.2 Å². The Labute approximate surface area is 114 Å². The lowest BCUT2D eigenvalue weighted by Crippen LogP contribution is -2.28. The molecule has 0 atom stereocenters. The quantitative estimate of drug-likeness (QED) is 0.847. The Balaban J connectivity index is 2.72. The summed E-state index contributed by atoms with van der Waals surface area (Å²) in [5, 5.41) is 2.45. The third kappa shape index (κ3) is 4.34. The van der Waals surface area contributed by atoms with Gasteiger partial charge in [0.05, 0.1) is 17.0 Å². The number of alkyl halides is 3. The highest BCUT2D eigenvalue weighted by Gasteiger charge is 2.31. The third-order valence-corrected chi connectivity index (χ3v) is 4.36. The van der Waals surface area contributed by atoms with E-state index in [1.165, 1.54) is 14.1 Å². The molecule has 1 rings (SSSR count). The van der Waals surface area contributed by atoms with Crippen molar-refractivity contribution in [1.29, 1.82) is 0 Å². The summed E-state index contributed by atoms with van der Waals surface area (Å²) in [7, 11) is -0.734. The summed E-state index contributed by atoms with van der Waals surface area (Å²) >= 11 is 0. The molecule has 4 nitrogen and oxygen atoms in total. The van der Waals surface area contributed by atoms with Crippen molar-refractivity contribution < 1.29 is 26.0 Å². The first-order valence-electron chi connectivity index (χ1n) is 5.55. The standard InChI is InChI=1S/C11H14F4N2O2S/c1-17(2)20(18,19)6-5-16-10-4-3-8(7-9(10)12)11(13,14)15/h3-4,7,16H,5-6H2,1-2H3. The number of nitrogens with zero attached hydrogens (tertiary/aromatic N) is 1. The van der Waals surface area contributed by atoms with Gasteiger partial charge in [-0.3, -0.25) is 0 Å². The van der Waals surface area contributed by atoms with Crippen molar-refractivity contribution in [2.75, 3.05) is 31.7 Å². The molecule has 1 N–H and O–H groups in total. The van der Waals surface area contributed by atoms with E-state index in [-0.39, 0.29) is 18.0 Å². The minimum Gasteiger partial charge on any atom is -0.382 e. The molecular formula is C11H14F4N2O2S. The van der Waals surface area contributed by atoms with Gasteiger partial charge in [0.2, 0.25) is 10.0 Å². The Kier molecular flexibility index (Phi) is 4.98. The molecule has 0 aliphatic heterocycles. The zero-order valence-corrected chi connectivity index (χ0v) is 11.6. The lowest BCUT2D eigenvalue weighted by Gasteiger charge is -2.13. The van der Waals surface area contributed by atoms with Crippen LogP contribution >= 0.6 is 0 Å². The van der Waals surface area contributed by atoms with Gasteiger partial charge in [0.1, 0.15) is 5.82 Å². The fourth-order valence-corrected chi connectivity index (χ4v) is 2.06. The lowest BCUT2D eigenvalue weighted by molar-refractivity contribution is -0.137. The first-order valence-corrected chi connectivity index (χ1v) is 7.16. The van der Waals surface area contributed by atoms with E-state index in [0.29, 0.717) is 6.07 Å². The molecule has 0 fully saturated rings. The number of halogens is 4. The summed E-state index contributed by atoms with van der Waals surface area (Å²) in [6, 6.07) is 2.02. The third-order valence-electron chi connectivity index (χ3n) is 2.53. The van der Waals surface area contributed by atoms with Crippen LogP contribution in [0.4, 0.5) is 23.2 Å². The fourth-order valence-electron chi connectivity index (χ4n) is 1.33. The molecule has 0 saturated carbocycles. The van der Waals surface area contributed by atoms with Crippen molar-refractivity contribution in [2.45, 2.75) is 6.18 Å². The molecule has 0 amide bonds. The number of nitrogens with one attached hydrogen (secondary N) is 1. The molecule has 0 saturated heterocycles. The molecule has 1 aromatic carbocycles. The van der Waals surface area contributed by atoms with Crippen LogP contribution in [-0.4, -0.2) is 39.1 Å². The predicted molar refractivity (Wildman–Crippen MR) is 67.4 cm³/mol. The van der Waals surface area contributed by atoms with Gasteiger partial charge in [-0.15, -0.1) is 0 Å². The minimum atomic E-state index is -4.62. The van der Waals surface area contributed by atoms with Crippen LogP contribution in [0.3, 0.4) is 0 Å². The molecule has 0 heterocycles. The van der Waals surface area contributed by atoms with Gasteiger partial charge in [-0.05, 0) is 18.2 Å². The SMILES string of the molecule is CN(C)S(=O)(=O)CCNc1ccc(C(F)(F)F)cc1F. The van der Waals surface area contributed by atoms with Gasteiger partial charge in [-0.25, -0.2) is 17.1 Å². The van der Waals surface area contributed by atoms with Crippen molar-refractivity contribution in [3.8, 4) is 0 Å². The molecule has 0 aromatic heterocycles. The second kappa shape index (κ2) is 5.96. The van der Waals surface area contributed by atoms with Crippen LogP contribution < -0.4 is 5.32 Å². The molecule has 114 valence electrons. The molecular weight excluding hydrogens is 300 g/mol. The van der Waals surface area contributed by atoms with Gasteiger partial charge < -0.3 is 5.32 Å². The number of hydrogen-bond donors (Lipinski definition) is 1. The summed E-state index contributed by atoms with van der Waals surface area (Å²) in [5.41, 5.74) is -1.27. The van der Waals surface area contributed by atoms with E-state index >= 15 is 0 Å². The molecule has 9 heteroatoms. The molecule has 0 spiro atoms. The zero-order valence-electron chi connectivity index (χ0n) is 10.8. The topological polar surface area (TPSA) is 49.4 Å². The highest BCUT2D eigenvalue weighted by Crippen LogP contribution is 2.31. The van der Waals surface area contributed by atoms with Gasteiger partial charge in [-0.2, -0.15) is 13.2 Å². The smallest absolute Gasteiger partial charge is 0.382 e. The van der Waals surface area contributed by atoms with Crippen molar-refractivity contribution in [3.05, 3.63) is 29.6 Å². The molecule has 0 aliphatic rings. The van der Waals surface area contributed by atoms with Gasteiger partial charge >= 0.3 is 6.18 Å². The summed E-state index contributed by atoms with van der Waals surface area (Å²) in [4.78, 5) is 0. The molecule has 0 bridgehead atoms. The van der Waals surface area contributed by atoms with Crippen LogP contribution in [0.1, 0.15) is 5.56 Å². The largest absolute Gasteiger partial charge is 0.416 e. The van der Waals surface area contributed by atoms with Crippen molar-refractivity contribution in [2.24, 2.45) is 0 Å². The second-order valence-electron chi connectivity index (χ2n) is 4.22. The summed E-state index contributed by atoms with van der Waals surface area (Å²) in [6.45, 7) is -0.108. The van der Waals surface area contributed by atoms with Gasteiger partial charge in [0.15, 0.2) is 0 Å². The van der Waals surface area contributed by atoms with Gasteiger partial charge in [0.25, 0.3) is 0 Å². The molecule has 0 radical (unpaired) electrons. The number of sulfonamides is 1. The van der Waals surface area contributed by atoms with Crippen LogP contribution in [0.25, 0.3) is 0 Å². The Bertz CT molecular complexity index is 570. The van der Waals surface area contributed by atoms with E-state index in [0.717, 1.165) is 16.4 Å². The highest BCUT2D eigenvalue weighted by molar-refractivity contribution is 7.89. The molecule has 1 aromatic rings. The number of hydrogen-bond acceptors (Lipinski definition) is 3. The molecule has 0 unspecified atom stereocenters. The van der Waals surface area contributed by atoms with E-state index in [9.17, 15) is 26.0 Å². The van der Waals surface area contributed by atoms with Crippen molar-refractivity contribution >= 4 is 15.7 Å². The summed E-state index contributed by atoms with van der Waals surface area (Å²) in [5.74, 6) is -1.37. The van der Waals surface area contributed by atoms with E-state index < -0.39 is 27.6 Å². The lowest BCUT2D eigenvalue weighted by atomic mass is 10.2. The van der Waals surface area contributed by atoms with Crippen molar-refractivity contribution in [3.63, 3.8) is 0 Å². The average molecular weight is 314 g/mol. The number of anilines is 1. The molecule has 20 heavy (non-hydrogen) atoms. The Morgan fingerprint density at radius 2 is 1.85 bits per heavy atom. The Morgan fingerprint density at radius 3 is 2.30 bits per heavy atom. The second-order valence-corrected chi connectivity index (χ2v) is 6.52. The van der Waals surface area contributed by atoms with E-state index in [4.69, 9.17) is 0 Å². The maximum Gasteiger partial charge on any atom is 0.416 e. The summed E-state index contributed by atoms with van der Waals surface area (Å²) < 4.78 is 74.3. The highest BCUT2D eigenvalue weighted by atomic mass is 32.2. The fraction of sp³-hybridized carbons (Fsp3) is 0.455. The van der Waals surface area contributed by atoms with E-state index in [1.807, 2.05) is 0 Å². The van der Waals surface area contributed by atoms with Gasteiger partial charge in [-0.1, -0.05) is 0 Å². The predicted octanol–water partition coefficient (Wildman–Crippen LogP) is 2.15. The van der Waals surface area contributed by atoms with E-state index in [2.05, 4.69) is 5.32 Å². The van der Waals surface area contributed by atoms with Crippen LogP contribution in [0, 0.1) is 5.82 Å². The first kappa shape index (κ1) is 16.7. The monoisotopic (exact) mass is 314 g/mol. The minimum absolute atomic E-state index is 0.108. The Hall–Kier alpha value is -1.35. The maximum absolute atomic E-state index is 13.4. The molecule has 0 aliphatic carbocycles. The first-order chi connectivity index (χ1) is 9.04. The number of benzene rings is 1. The van der Waals surface area contributed by atoms with Crippen LogP contribution in [0.15, 0.2) is 18.2 Å². The summed E-state index contributed by atoms with van der Waals surface area (Å²) in [6.07, 6.45) is -4.62. The van der Waals surface area contributed by atoms with Crippen LogP contribution in [0.5, 0.6) is 0 Å². The normalized spacial score (nSPS) is 12.8. The van der Waals surface area contributed by atoms with Gasteiger partial charge in [0, 0.05) is 20.6 Å².